The van der Waals surface area contributed by atoms with E-state index >= 15 is 0 Å². The fraction of sp³-hybridized carbons (Fsp3) is 0.316. The summed E-state index contributed by atoms with van der Waals surface area (Å²) in [7, 11) is 0. The van der Waals surface area contributed by atoms with Crippen molar-refractivity contribution in [1.82, 2.24) is 10.2 Å². The first-order chi connectivity index (χ1) is 11.5. The first kappa shape index (κ1) is 16.8. The zero-order chi connectivity index (χ0) is 17.1. The number of halogens is 2. The van der Waals surface area contributed by atoms with Crippen LogP contribution in [0.3, 0.4) is 0 Å². The Morgan fingerprint density at radius 1 is 1.29 bits per heavy atom. The Hall–Kier alpha value is -2.07. The number of nitrogens with one attached hydrogen (secondary N) is 1. The molecule has 1 saturated heterocycles. The number of amides is 2. The van der Waals surface area contributed by atoms with Crippen LogP contribution >= 0.6 is 11.6 Å². The number of hydrogen-bond donors (Lipinski definition) is 1. The van der Waals surface area contributed by atoms with Crippen LogP contribution in [0, 0.1) is 12.7 Å². The van der Waals surface area contributed by atoms with Crippen LogP contribution in [-0.2, 0) is 6.54 Å². The van der Waals surface area contributed by atoms with E-state index in [1.807, 2.05) is 29.2 Å². The average Bonchev–Trinajstić information content (AvgIpc) is 3.06. The molecule has 1 unspecified atom stereocenters. The molecule has 0 saturated carbocycles. The molecule has 5 heteroatoms. The van der Waals surface area contributed by atoms with Crippen LogP contribution in [-0.4, -0.2) is 17.5 Å². The second-order valence-electron chi connectivity index (χ2n) is 6.15. The molecule has 3 rings (SSSR count). The van der Waals surface area contributed by atoms with Gasteiger partial charge in [-0.1, -0.05) is 35.9 Å². The Morgan fingerprint density at radius 2 is 2.04 bits per heavy atom. The van der Waals surface area contributed by atoms with Crippen molar-refractivity contribution in [1.29, 1.82) is 0 Å². The Balaban J connectivity index is 1.65. The van der Waals surface area contributed by atoms with Gasteiger partial charge in [0.2, 0.25) is 0 Å². The molecular weight excluding hydrogens is 327 g/mol. The van der Waals surface area contributed by atoms with E-state index < -0.39 is 0 Å². The van der Waals surface area contributed by atoms with Gasteiger partial charge in [0.15, 0.2) is 0 Å². The smallest absolute Gasteiger partial charge is 0.318 e. The molecule has 1 aliphatic rings. The normalized spacial score (nSPS) is 17.1. The number of hydrogen-bond acceptors (Lipinski definition) is 1. The average molecular weight is 347 g/mol. The quantitative estimate of drug-likeness (QED) is 0.847. The molecule has 0 spiro atoms. The third-order valence-corrected chi connectivity index (χ3v) is 4.69. The van der Waals surface area contributed by atoms with Gasteiger partial charge in [0, 0.05) is 18.1 Å². The lowest BCUT2D eigenvalue weighted by molar-refractivity contribution is 0.192. The van der Waals surface area contributed by atoms with Gasteiger partial charge in [-0.05, 0) is 54.7 Å². The van der Waals surface area contributed by atoms with Gasteiger partial charge >= 0.3 is 6.03 Å². The molecule has 0 aromatic heterocycles. The first-order valence-electron chi connectivity index (χ1n) is 8.09. The van der Waals surface area contributed by atoms with Gasteiger partial charge < -0.3 is 10.2 Å². The summed E-state index contributed by atoms with van der Waals surface area (Å²) in [4.78, 5) is 14.4. The Bertz CT molecular complexity index is 733. The van der Waals surface area contributed by atoms with Crippen molar-refractivity contribution in [3.05, 3.63) is 70.0 Å². The lowest BCUT2D eigenvalue weighted by Crippen LogP contribution is -2.39. The predicted octanol–water partition coefficient (Wildman–Crippen LogP) is 4.83. The summed E-state index contributed by atoms with van der Waals surface area (Å²) in [6.45, 7) is 2.85. The van der Waals surface area contributed by atoms with Gasteiger partial charge in [-0.15, -0.1) is 0 Å². The number of benzene rings is 2. The van der Waals surface area contributed by atoms with E-state index in [1.54, 1.807) is 19.1 Å². The van der Waals surface area contributed by atoms with E-state index in [0.29, 0.717) is 17.1 Å². The number of urea groups is 1. The van der Waals surface area contributed by atoms with E-state index in [2.05, 4.69) is 5.32 Å². The fourth-order valence-electron chi connectivity index (χ4n) is 3.14. The summed E-state index contributed by atoms with van der Waals surface area (Å²) in [5.41, 5.74) is 2.58. The summed E-state index contributed by atoms with van der Waals surface area (Å²) >= 11 is 5.94. The monoisotopic (exact) mass is 346 g/mol. The molecule has 1 heterocycles. The first-order valence-corrected chi connectivity index (χ1v) is 8.47. The lowest BCUT2D eigenvalue weighted by atomic mass is 10.1. The number of nitrogens with zero attached hydrogens (tertiary/aromatic N) is 1. The highest BCUT2D eigenvalue weighted by Crippen LogP contribution is 2.32. The van der Waals surface area contributed by atoms with Crippen LogP contribution in [0.4, 0.5) is 9.18 Å². The van der Waals surface area contributed by atoms with E-state index in [0.717, 1.165) is 30.5 Å². The molecule has 0 aliphatic carbocycles. The third-order valence-electron chi connectivity index (χ3n) is 4.43. The topological polar surface area (TPSA) is 32.3 Å². The van der Waals surface area contributed by atoms with Crippen molar-refractivity contribution < 1.29 is 9.18 Å². The molecule has 24 heavy (non-hydrogen) atoms. The minimum absolute atomic E-state index is 0.0808. The van der Waals surface area contributed by atoms with Crippen LogP contribution in [0.5, 0.6) is 0 Å². The Labute approximate surface area is 146 Å². The number of aryl methyl sites for hydroxylation is 1. The van der Waals surface area contributed by atoms with Crippen molar-refractivity contribution >= 4 is 17.6 Å². The largest absolute Gasteiger partial charge is 0.334 e. The van der Waals surface area contributed by atoms with Crippen LogP contribution in [0.25, 0.3) is 0 Å². The molecule has 0 radical (unpaired) electrons. The predicted molar refractivity (Wildman–Crippen MR) is 93.5 cm³/mol. The van der Waals surface area contributed by atoms with Gasteiger partial charge in [0.25, 0.3) is 0 Å². The second kappa shape index (κ2) is 7.22. The van der Waals surface area contributed by atoms with Gasteiger partial charge in [-0.2, -0.15) is 0 Å². The molecule has 2 amide bonds. The van der Waals surface area contributed by atoms with Crippen LogP contribution in [0.15, 0.2) is 42.5 Å². The van der Waals surface area contributed by atoms with Crippen molar-refractivity contribution in [2.45, 2.75) is 32.4 Å². The number of likely N-dealkylation sites (tertiary alicyclic amines) is 1. The maximum Gasteiger partial charge on any atom is 0.318 e. The highest BCUT2D eigenvalue weighted by atomic mass is 35.5. The molecule has 1 N–H and O–H groups in total. The molecule has 1 fully saturated rings. The number of carbonyl (C=O) groups excluding carboxylic acids is 1. The molecule has 2 aromatic carbocycles. The number of rotatable bonds is 3. The minimum atomic E-state index is -0.229. The van der Waals surface area contributed by atoms with Gasteiger partial charge in [0.1, 0.15) is 5.82 Å². The molecule has 0 bridgehead atoms. The number of carbonyl (C=O) groups is 1. The van der Waals surface area contributed by atoms with Gasteiger partial charge in [-0.25, -0.2) is 9.18 Å². The third kappa shape index (κ3) is 3.70. The maximum atomic E-state index is 13.3. The molecule has 1 atom stereocenters. The zero-order valence-corrected chi connectivity index (χ0v) is 14.3. The van der Waals surface area contributed by atoms with Crippen LogP contribution in [0.2, 0.25) is 5.02 Å². The van der Waals surface area contributed by atoms with Gasteiger partial charge in [0.05, 0.1) is 6.04 Å². The van der Waals surface area contributed by atoms with Crippen LogP contribution < -0.4 is 5.32 Å². The summed E-state index contributed by atoms with van der Waals surface area (Å²) in [5.74, 6) is -0.229. The molecule has 2 aromatic rings. The minimum Gasteiger partial charge on any atom is -0.334 e. The molecule has 126 valence electrons. The second-order valence-corrected chi connectivity index (χ2v) is 6.58. The van der Waals surface area contributed by atoms with Crippen LogP contribution in [0.1, 0.15) is 35.6 Å². The van der Waals surface area contributed by atoms with Crippen molar-refractivity contribution in [2.75, 3.05) is 6.54 Å². The zero-order valence-electron chi connectivity index (χ0n) is 13.6. The van der Waals surface area contributed by atoms with E-state index in [-0.39, 0.29) is 17.9 Å². The lowest BCUT2D eigenvalue weighted by Gasteiger charge is -2.25. The molecule has 3 nitrogen and oxygen atoms in total. The summed E-state index contributed by atoms with van der Waals surface area (Å²) in [6.07, 6.45) is 1.93. The molecule has 1 aliphatic heterocycles. The maximum absolute atomic E-state index is 13.3. The summed E-state index contributed by atoms with van der Waals surface area (Å²) in [5, 5.41) is 3.63. The van der Waals surface area contributed by atoms with E-state index in [9.17, 15) is 9.18 Å². The highest BCUT2D eigenvalue weighted by molar-refractivity contribution is 6.30. The SMILES string of the molecule is Cc1cc(CNC(=O)N2CCCC2c2ccc(Cl)cc2)ccc1F. The van der Waals surface area contributed by atoms with E-state index in [1.165, 1.54) is 6.07 Å². The summed E-state index contributed by atoms with van der Waals surface area (Å²) < 4.78 is 13.3. The Morgan fingerprint density at radius 3 is 2.75 bits per heavy atom. The Kier molecular flexibility index (Phi) is 5.05. The molecular formula is C19H20ClFN2O. The van der Waals surface area contributed by atoms with Crippen molar-refractivity contribution in [2.24, 2.45) is 0 Å². The van der Waals surface area contributed by atoms with E-state index in [4.69, 9.17) is 11.6 Å². The standard InChI is InChI=1S/C19H20ClFN2O/c1-13-11-14(4-9-17(13)21)12-22-19(24)23-10-2-3-18(23)15-5-7-16(20)8-6-15/h4-9,11,18H,2-3,10,12H2,1H3,(H,22,24). The fourth-order valence-corrected chi connectivity index (χ4v) is 3.26. The van der Waals surface area contributed by atoms with Crippen molar-refractivity contribution in [3.8, 4) is 0 Å². The highest BCUT2D eigenvalue weighted by Gasteiger charge is 2.29. The van der Waals surface area contributed by atoms with Crippen molar-refractivity contribution in [3.63, 3.8) is 0 Å². The summed E-state index contributed by atoms with van der Waals surface area (Å²) in [6, 6.07) is 12.5. The van der Waals surface area contributed by atoms with Gasteiger partial charge in [-0.3, -0.25) is 0 Å².